The lowest BCUT2D eigenvalue weighted by atomic mass is 9.97. The molecule has 1 atom stereocenters. The number of carbonyl (C=O) groups excluding carboxylic acids is 1. The molecule has 1 unspecified atom stereocenters. The fourth-order valence-corrected chi connectivity index (χ4v) is 3.49. The molecule has 1 aromatic carbocycles. The van der Waals surface area contributed by atoms with Crippen molar-refractivity contribution in [1.82, 2.24) is 24.5 Å². The summed E-state index contributed by atoms with van der Waals surface area (Å²) in [5.41, 5.74) is 2.15. The minimum absolute atomic E-state index is 0.0301. The van der Waals surface area contributed by atoms with Gasteiger partial charge in [0.25, 0.3) is 5.91 Å². The first kappa shape index (κ1) is 16.5. The van der Waals surface area contributed by atoms with Crippen LogP contribution in [-0.2, 0) is 7.05 Å². The second-order valence-corrected chi connectivity index (χ2v) is 6.61. The quantitative estimate of drug-likeness (QED) is 0.727. The molecule has 1 saturated heterocycles. The fourth-order valence-electron chi connectivity index (χ4n) is 3.49. The molecular weight excluding hydrogens is 333 g/mol. The number of carbonyl (C=O) groups is 1. The van der Waals surface area contributed by atoms with Gasteiger partial charge in [0.05, 0.1) is 29.7 Å². The molecule has 2 aromatic heterocycles. The molecule has 0 saturated carbocycles. The van der Waals surface area contributed by atoms with Crippen molar-refractivity contribution >= 4 is 5.91 Å². The predicted octanol–water partition coefficient (Wildman–Crippen LogP) is 3.11. The zero-order valence-electron chi connectivity index (χ0n) is 14.5. The Labute approximate surface area is 150 Å². The largest absolute Gasteiger partial charge is 0.331 e. The zero-order valence-corrected chi connectivity index (χ0v) is 14.5. The average molecular weight is 353 g/mol. The third-order valence-electron chi connectivity index (χ3n) is 4.78. The van der Waals surface area contributed by atoms with Crippen LogP contribution >= 0.6 is 0 Å². The summed E-state index contributed by atoms with van der Waals surface area (Å²) in [6.07, 6.45) is 9.99. The molecule has 0 N–H and O–H groups in total. The molecule has 0 aliphatic carbocycles. The Kier molecular flexibility index (Phi) is 4.28. The molecule has 1 fully saturated rings. The van der Waals surface area contributed by atoms with Crippen molar-refractivity contribution in [2.24, 2.45) is 7.05 Å². The molecule has 3 aromatic rings. The summed E-state index contributed by atoms with van der Waals surface area (Å²) >= 11 is 0. The van der Waals surface area contributed by atoms with Crippen LogP contribution in [0.15, 0.2) is 49.1 Å². The Morgan fingerprint density at radius 2 is 2.08 bits per heavy atom. The number of halogens is 1. The summed E-state index contributed by atoms with van der Waals surface area (Å²) in [6.45, 7) is 0.712. The molecule has 0 spiro atoms. The maximum atomic E-state index is 13.4. The van der Waals surface area contributed by atoms with E-state index in [9.17, 15) is 9.18 Å². The van der Waals surface area contributed by atoms with Gasteiger partial charge in [-0.2, -0.15) is 10.2 Å². The first-order chi connectivity index (χ1) is 12.6. The highest BCUT2D eigenvalue weighted by Gasteiger charge is 2.30. The molecule has 6 nitrogen and oxygen atoms in total. The predicted molar refractivity (Wildman–Crippen MR) is 94.4 cm³/mol. The van der Waals surface area contributed by atoms with E-state index < -0.39 is 0 Å². The van der Waals surface area contributed by atoms with Crippen LogP contribution < -0.4 is 0 Å². The lowest BCUT2D eigenvalue weighted by Crippen LogP contribution is -2.38. The molecule has 7 heteroatoms. The van der Waals surface area contributed by atoms with E-state index in [1.54, 1.807) is 29.2 Å². The van der Waals surface area contributed by atoms with E-state index in [0.29, 0.717) is 17.8 Å². The summed E-state index contributed by atoms with van der Waals surface area (Å²) in [7, 11) is 1.88. The van der Waals surface area contributed by atoms with Crippen LogP contribution in [0.1, 0.15) is 41.2 Å². The molecule has 0 bridgehead atoms. The second kappa shape index (κ2) is 6.74. The first-order valence-electron chi connectivity index (χ1n) is 8.72. The van der Waals surface area contributed by atoms with Crippen molar-refractivity contribution in [2.75, 3.05) is 6.54 Å². The van der Waals surface area contributed by atoms with Gasteiger partial charge in [0.15, 0.2) is 0 Å². The summed E-state index contributed by atoms with van der Waals surface area (Å²) in [5.74, 6) is -0.389. The maximum Gasteiger partial charge on any atom is 0.257 e. The Balaban J connectivity index is 1.60. The van der Waals surface area contributed by atoms with Crippen molar-refractivity contribution in [3.63, 3.8) is 0 Å². The molecule has 4 rings (SSSR count). The summed E-state index contributed by atoms with van der Waals surface area (Å²) in [6, 6.07) is 6.18. The number of aryl methyl sites for hydroxylation is 1. The number of amides is 1. The van der Waals surface area contributed by atoms with Crippen LogP contribution in [0.25, 0.3) is 5.69 Å². The van der Waals surface area contributed by atoms with Crippen molar-refractivity contribution in [2.45, 2.75) is 25.3 Å². The van der Waals surface area contributed by atoms with Crippen molar-refractivity contribution in [3.8, 4) is 5.69 Å². The van der Waals surface area contributed by atoms with Gasteiger partial charge in [-0.3, -0.25) is 9.48 Å². The van der Waals surface area contributed by atoms with Crippen LogP contribution in [0.5, 0.6) is 0 Å². The first-order valence-corrected chi connectivity index (χ1v) is 8.72. The minimum atomic E-state index is -0.335. The summed E-state index contributed by atoms with van der Waals surface area (Å²) < 4.78 is 16.7. The van der Waals surface area contributed by atoms with Gasteiger partial charge in [-0.05, 0) is 37.5 Å². The molecule has 134 valence electrons. The molecule has 1 aliphatic heterocycles. The van der Waals surface area contributed by atoms with Gasteiger partial charge in [0.1, 0.15) is 5.82 Å². The number of hydrogen-bond donors (Lipinski definition) is 0. The minimum Gasteiger partial charge on any atom is -0.331 e. The van der Waals surface area contributed by atoms with Gasteiger partial charge in [-0.1, -0.05) is 6.07 Å². The molecule has 0 radical (unpaired) electrons. The zero-order chi connectivity index (χ0) is 18.1. The Bertz CT molecular complexity index is 931. The van der Waals surface area contributed by atoms with Crippen LogP contribution in [0.4, 0.5) is 4.39 Å². The van der Waals surface area contributed by atoms with Crippen LogP contribution in [0.2, 0.25) is 0 Å². The van der Waals surface area contributed by atoms with E-state index in [1.807, 2.05) is 24.3 Å². The third-order valence-corrected chi connectivity index (χ3v) is 4.78. The number of benzene rings is 1. The molecular formula is C19H20FN5O. The normalized spacial score (nSPS) is 17.5. The molecule has 3 heterocycles. The standard InChI is InChI=1S/C19H20FN5O/c1-23-12-14(10-21-23)18-7-2-3-8-24(18)19(26)15-11-22-25(13-15)17-6-4-5-16(20)9-17/h4-6,9-13,18H,2-3,7-8H2,1H3. The number of piperidine rings is 1. The van der Waals surface area contributed by atoms with Crippen LogP contribution in [-0.4, -0.2) is 36.9 Å². The van der Waals surface area contributed by atoms with E-state index >= 15 is 0 Å². The van der Waals surface area contributed by atoms with E-state index in [1.165, 1.54) is 16.8 Å². The number of nitrogens with zero attached hydrogens (tertiary/aromatic N) is 5. The van der Waals surface area contributed by atoms with E-state index in [-0.39, 0.29) is 17.8 Å². The van der Waals surface area contributed by atoms with Gasteiger partial charge in [-0.15, -0.1) is 0 Å². The maximum absolute atomic E-state index is 13.4. The Morgan fingerprint density at radius 3 is 2.85 bits per heavy atom. The average Bonchev–Trinajstić information content (AvgIpc) is 3.30. The van der Waals surface area contributed by atoms with Gasteiger partial charge in [0.2, 0.25) is 0 Å². The van der Waals surface area contributed by atoms with Crippen molar-refractivity contribution < 1.29 is 9.18 Å². The van der Waals surface area contributed by atoms with E-state index in [0.717, 1.165) is 24.8 Å². The number of aromatic nitrogens is 4. The van der Waals surface area contributed by atoms with Crippen LogP contribution in [0, 0.1) is 5.82 Å². The van der Waals surface area contributed by atoms with Gasteiger partial charge >= 0.3 is 0 Å². The van der Waals surface area contributed by atoms with Gasteiger partial charge in [0, 0.05) is 31.5 Å². The summed E-state index contributed by atoms with van der Waals surface area (Å²) in [4.78, 5) is 15.0. The monoisotopic (exact) mass is 353 g/mol. The van der Waals surface area contributed by atoms with Crippen molar-refractivity contribution in [1.29, 1.82) is 0 Å². The molecule has 1 aliphatic rings. The second-order valence-electron chi connectivity index (χ2n) is 6.61. The highest BCUT2D eigenvalue weighted by Crippen LogP contribution is 2.31. The van der Waals surface area contributed by atoms with E-state index in [2.05, 4.69) is 10.2 Å². The van der Waals surface area contributed by atoms with Crippen molar-refractivity contribution in [3.05, 3.63) is 66.0 Å². The molecule has 26 heavy (non-hydrogen) atoms. The van der Waals surface area contributed by atoms with Gasteiger partial charge in [-0.25, -0.2) is 9.07 Å². The lowest BCUT2D eigenvalue weighted by Gasteiger charge is -2.35. The van der Waals surface area contributed by atoms with Gasteiger partial charge < -0.3 is 4.90 Å². The Morgan fingerprint density at radius 1 is 1.19 bits per heavy atom. The smallest absolute Gasteiger partial charge is 0.257 e. The SMILES string of the molecule is Cn1cc(C2CCCCN2C(=O)c2cnn(-c3cccc(F)c3)c2)cn1. The number of likely N-dealkylation sites (tertiary alicyclic amines) is 1. The number of rotatable bonds is 3. The highest BCUT2D eigenvalue weighted by molar-refractivity contribution is 5.94. The van der Waals surface area contributed by atoms with E-state index in [4.69, 9.17) is 0 Å². The third kappa shape index (κ3) is 3.12. The lowest BCUT2D eigenvalue weighted by molar-refractivity contribution is 0.0611. The Hall–Kier alpha value is -2.96. The summed E-state index contributed by atoms with van der Waals surface area (Å²) in [5, 5.41) is 8.47. The number of hydrogen-bond acceptors (Lipinski definition) is 3. The molecule has 1 amide bonds. The topological polar surface area (TPSA) is 56.0 Å². The van der Waals surface area contributed by atoms with Crippen LogP contribution in [0.3, 0.4) is 0 Å². The fraction of sp³-hybridized carbons (Fsp3) is 0.316. The highest BCUT2D eigenvalue weighted by atomic mass is 19.1.